The molecule has 0 bridgehead atoms. The maximum atomic E-state index is 12.2. The minimum atomic E-state index is -2.78. The zero-order valence-corrected chi connectivity index (χ0v) is 13.8. The summed E-state index contributed by atoms with van der Waals surface area (Å²) in [6.45, 7) is 0.0440. The first kappa shape index (κ1) is 19.7. The van der Waals surface area contributed by atoms with E-state index in [4.69, 9.17) is 4.74 Å². The van der Waals surface area contributed by atoms with Crippen LogP contribution in [0.2, 0.25) is 0 Å². The standard InChI is InChI=1S/C14H13F2N5O6/c1-8-12(21(25)26)5-17-19(8)6-14(22)18-9-2-10(20(23)24)4-11(3-9)27-7-13(15)16/h2-5,13H,6-7H2,1H3,(H,18,22). The summed E-state index contributed by atoms with van der Waals surface area (Å²) >= 11 is 0. The van der Waals surface area contributed by atoms with Crippen molar-refractivity contribution in [3.05, 3.63) is 50.3 Å². The Balaban J connectivity index is 2.16. The van der Waals surface area contributed by atoms with Crippen LogP contribution >= 0.6 is 0 Å². The van der Waals surface area contributed by atoms with Gasteiger partial charge >= 0.3 is 5.69 Å². The second-order valence-electron chi connectivity index (χ2n) is 5.25. The third kappa shape index (κ3) is 5.17. The summed E-state index contributed by atoms with van der Waals surface area (Å²) in [5, 5.41) is 27.8. The zero-order valence-electron chi connectivity index (χ0n) is 13.8. The fourth-order valence-corrected chi connectivity index (χ4v) is 2.12. The second-order valence-corrected chi connectivity index (χ2v) is 5.25. The van der Waals surface area contributed by atoms with E-state index >= 15 is 0 Å². The molecule has 0 aliphatic rings. The number of nitro groups is 2. The fourth-order valence-electron chi connectivity index (χ4n) is 2.12. The number of anilines is 1. The van der Waals surface area contributed by atoms with E-state index in [1.165, 1.54) is 6.92 Å². The molecule has 0 radical (unpaired) electrons. The van der Waals surface area contributed by atoms with Gasteiger partial charge in [-0.05, 0) is 6.92 Å². The van der Waals surface area contributed by atoms with Crippen LogP contribution in [0, 0.1) is 27.2 Å². The largest absolute Gasteiger partial charge is 0.487 e. The van der Waals surface area contributed by atoms with Crippen molar-refractivity contribution in [3.63, 3.8) is 0 Å². The number of halogens is 2. The molecule has 1 aromatic heterocycles. The van der Waals surface area contributed by atoms with Gasteiger partial charge in [0.15, 0.2) is 0 Å². The lowest BCUT2D eigenvalue weighted by Gasteiger charge is -2.10. The van der Waals surface area contributed by atoms with Crippen LogP contribution in [-0.2, 0) is 11.3 Å². The van der Waals surface area contributed by atoms with Crippen LogP contribution in [0.1, 0.15) is 5.69 Å². The number of amides is 1. The summed E-state index contributed by atoms with van der Waals surface area (Å²) in [6, 6.07) is 3.11. The predicted octanol–water partition coefficient (Wildman–Crippen LogP) is 2.29. The highest BCUT2D eigenvalue weighted by Gasteiger charge is 2.19. The van der Waals surface area contributed by atoms with E-state index in [2.05, 4.69) is 10.4 Å². The summed E-state index contributed by atoms with van der Waals surface area (Å²) < 4.78 is 30.3. The van der Waals surface area contributed by atoms with Crippen molar-refractivity contribution in [2.45, 2.75) is 19.9 Å². The summed E-state index contributed by atoms with van der Waals surface area (Å²) in [7, 11) is 0. The molecule has 0 saturated heterocycles. The molecular formula is C14H13F2N5O6. The maximum Gasteiger partial charge on any atom is 0.309 e. The number of carbonyl (C=O) groups is 1. The highest BCUT2D eigenvalue weighted by Crippen LogP contribution is 2.26. The van der Waals surface area contributed by atoms with Crippen molar-refractivity contribution in [3.8, 4) is 5.75 Å². The van der Waals surface area contributed by atoms with E-state index in [0.29, 0.717) is 0 Å². The van der Waals surface area contributed by atoms with Crippen LogP contribution < -0.4 is 10.1 Å². The molecule has 2 aromatic rings. The predicted molar refractivity (Wildman–Crippen MR) is 86.8 cm³/mol. The van der Waals surface area contributed by atoms with Crippen molar-refractivity contribution >= 4 is 23.0 Å². The van der Waals surface area contributed by atoms with Crippen molar-refractivity contribution in [1.29, 1.82) is 0 Å². The molecule has 1 N–H and O–H groups in total. The van der Waals surface area contributed by atoms with Gasteiger partial charge in [0.2, 0.25) is 5.91 Å². The summed E-state index contributed by atoms with van der Waals surface area (Å²) in [5.41, 5.74) is -0.642. The smallest absolute Gasteiger partial charge is 0.309 e. The third-order valence-electron chi connectivity index (χ3n) is 3.33. The van der Waals surface area contributed by atoms with Crippen LogP contribution in [0.4, 0.5) is 25.8 Å². The lowest BCUT2D eigenvalue weighted by molar-refractivity contribution is -0.385. The molecule has 0 atom stereocenters. The minimum absolute atomic E-state index is 0.0576. The van der Waals surface area contributed by atoms with Gasteiger partial charge in [-0.25, -0.2) is 8.78 Å². The molecule has 13 heteroatoms. The Morgan fingerprint density at radius 2 is 2.00 bits per heavy atom. The maximum absolute atomic E-state index is 12.2. The normalized spacial score (nSPS) is 10.7. The molecule has 1 amide bonds. The number of alkyl halides is 2. The number of non-ortho nitro benzene ring substituents is 1. The average Bonchev–Trinajstić information content (AvgIpc) is 2.93. The SMILES string of the molecule is Cc1c([N+](=O)[O-])cnn1CC(=O)Nc1cc(OCC(F)F)cc([N+](=O)[O-])c1. The molecule has 1 heterocycles. The van der Waals surface area contributed by atoms with Crippen LogP contribution in [0.25, 0.3) is 0 Å². The quantitative estimate of drug-likeness (QED) is 0.542. The number of nitrogens with zero attached hydrogens (tertiary/aromatic N) is 4. The Morgan fingerprint density at radius 3 is 2.56 bits per heavy atom. The van der Waals surface area contributed by atoms with Crippen molar-refractivity contribution in [2.75, 3.05) is 11.9 Å². The molecule has 27 heavy (non-hydrogen) atoms. The second kappa shape index (κ2) is 8.16. The number of hydrogen-bond donors (Lipinski definition) is 1. The topological polar surface area (TPSA) is 142 Å². The van der Waals surface area contributed by atoms with Crippen LogP contribution in [0.15, 0.2) is 24.4 Å². The van der Waals surface area contributed by atoms with Gasteiger partial charge in [-0.2, -0.15) is 5.10 Å². The van der Waals surface area contributed by atoms with Crippen LogP contribution in [0.5, 0.6) is 5.75 Å². The van der Waals surface area contributed by atoms with Gasteiger partial charge in [-0.15, -0.1) is 0 Å². The van der Waals surface area contributed by atoms with E-state index in [1.54, 1.807) is 0 Å². The molecule has 2 rings (SSSR count). The van der Waals surface area contributed by atoms with E-state index < -0.39 is 41.0 Å². The number of ether oxygens (including phenoxy) is 1. The Labute approximate surface area is 149 Å². The first-order valence-electron chi connectivity index (χ1n) is 7.34. The van der Waals surface area contributed by atoms with Crippen molar-refractivity contribution < 1.29 is 28.2 Å². The Hall–Kier alpha value is -3.64. The Morgan fingerprint density at radius 1 is 1.30 bits per heavy atom. The monoisotopic (exact) mass is 385 g/mol. The molecule has 11 nitrogen and oxygen atoms in total. The highest BCUT2D eigenvalue weighted by molar-refractivity contribution is 5.91. The molecule has 0 unspecified atom stereocenters. The number of aromatic nitrogens is 2. The molecule has 0 aliphatic carbocycles. The number of rotatable bonds is 8. The van der Waals surface area contributed by atoms with Gasteiger partial charge < -0.3 is 10.1 Å². The first-order valence-corrected chi connectivity index (χ1v) is 7.34. The molecule has 1 aromatic carbocycles. The number of benzene rings is 1. The number of nitrogens with one attached hydrogen (secondary N) is 1. The molecule has 0 saturated carbocycles. The van der Waals surface area contributed by atoms with E-state index in [0.717, 1.165) is 29.1 Å². The number of hydrogen-bond acceptors (Lipinski definition) is 7. The Kier molecular flexibility index (Phi) is 5.95. The van der Waals surface area contributed by atoms with E-state index in [9.17, 15) is 33.8 Å². The van der Waals surface area contributed by atoms with E-state index in [-0.39, 0.29) is 22.8 Å². The van der Waals surface area contributed by atoms with Gasteiger partial charge in [-0.1, -0.05) is 0 Å². The highest BCUT2D eigenvalue weighted by atomic mass is 19.3. The minimum Gasteiger partial charge on any atom is -0.487 e. The molecule has 144 valence electrons. The van der Waals surface area contributed by atoms with Crippen LogP contribution in [-0.4, -0.2) is 38.6 Å². The third-order valence-corrected chi connectivity index (χ3v) is 3.33. The van der Waals surface area contributed by atoms with Gasteiger partial charge in [0.05, 0.1) is 21.6 Å². The van der Waals surface area contributed by atoms with E-state index in [1.807, 2.05) is 0 Å². The summed E-state index contributed by atoms with van der Waals surface area (Å²) in [5.74, 6) is -0.901. The lowest BCUT2D eigenvalue weighted by Crippen LogP contribution is -2.20. The summed E-state index contributed by atoms with van der Waals surface area (Å²) in [6.07, 6.45) is -1.78. The van der Waals surface area contributed by atoms with Crippen LogP contribution in [0.3, 0.4) is 0 Å². The number of nitro benzene ring substituents is 1. The average molecular weight is 385 g/mol. The molecule has 0 spiro atoms. The van der Waals surface area contributed by atoms with Gasteiger partial charge in [0.1, 0.15) is 30.8 Å². The Bertz CT molecular complexity index is 885. The van der Waals surface area contributed by atoms with Crippen molar-refractivity contribution in [2.24, 2.45) is 0 Å². The molecule has 0 aliphatic heterocycles. The first-order chi connectivity index (χ1) is 12.7. The molecule has 0 fully saturated rings. The fraction of sp³-hybridized carbons (Fsp3) is 0.286. The van der Waals surface area contributed by atoms with Gasteiger partial charge in [-0.3, -0.25) is 29.7 Å². The van der Waals surface area contributed by atoms with Gasteiger partial charge in [0.25, 0.3) is 12.1 Å². The summed E-state index contributed by atoms with van der Waals surface area (Å²) in [4.78, 5) is 32.4. The number of carbonyl (C=O) groups excluding carboxylic acids is 1. The zero-order chi connectivity index (χ0) is 20.1. The lowest BCUT2D eigenvalue weighted by atomic mass is 10.2. The molecular weight excluding hydrogens is 372 g/mol. The van der Waals surface area contributed by atoms with Gasteiger partial charge in [0, 0.05) is 12.1 Å². The van der Waals surface area contributed by atoms with Crippen molar-refractivity contribution in [1.82, 2.24) is 9.78 Å².